The van der Waals surface area contributed by atoms with Gasteiger partial charge in [-0.05, 0) is 64.1 Å². The Hall–Kier alpha value is -2.42. The Bertz CT molecular complexity index is 905. The maximum Gasteiger partial charge on any atom is 0.269 e. The fourth-order valence-electron chi connectivity index (χ4n) is 1.95. The smallest absolute Gasteiger partial charge is 0.269 e. The highest BCUT2D eigenvalue weighted by atomic mass is 79.9. The molecule has 2 rings (SSSR count). The first-order valence-corrected chi connectivity index (χ1v) is 9.16. The number of rotatable bonds is 4. The summed E-state index contributed by atoms with van der Waals surface area (Å²) in [6.07, 6.45) is 2.85. The molecule has 0 unspecified atom stereocenters. The van der Waals surface area contributed by atoms with Crippen LogP contribution in [0.1, 0.15) is 15.9 Å². The summed E-state index contributed by atoms with van der Waals surface area (Å²) in [6.45, 7) is 0. The van der Waals surface area contributed by atoms with Gasteiger partial charge in [-0.25, -0.2) is 0 Å². The molecule has 0 fully saturated rings. The van der Waals surface area contributed by atoms with Crippen molar-refractivity contribution in [2.45, 2.75) is 0 Å². The van der Waals surface area contributed by atoms with E-state index in [4.69, 9.17) is 28.6 Å². The van der Waals surface area contributed by atoms with Gasteiger partial charge in [0, 0.05) is 16.7 Å². The van der Waals surface area contributed by atoms with Gasteiger partial charge in [0.15, 0.2) is 5.11 Å². The predicted molar refractivity (Wildman–Crippen MR) is 113 cm³/mol. The molecule has 140 valence electrons. The van der Waals surface area contributed by atoms with Crippen molar-refractivity contribution in [3.63, 3.8) is 0 Å². The lowest BCUT2D eigenvalue weighted by atomic mass is 10.2. The molecule has 0 aliphatic rings. The van der Waals surface area contributed by atoms with Crippen LogP contribution in [0.4, 0.5) is 0 Å². The van der Waals surface area contributed by atoms with E-state index in [2.05, 4.69) is 32.1 Å². The molecule has 2 aromatic carbocycles. The summed E-state index contributed by atoms with van der Waals surface area (Å²) in [4.78, 5) is 24.0. The number of benzene rings is 2. The first-order chi connectivity index (χ1) is 12.9. The Morgan fingerprint density at radius 2 is 1.93 bits per heavy atom. The Balaban J connectivity index is 1.85. The van der Waals surface area contributed by atoms with E-state index in [1.807, 2.05) is 6.07 Å². The molecule has 0 aromatic heterocycles. The average molecular weight is 469 g/mol. The lowest BCUT2D eigenvalue weighted by Crippen LogP contribution is -2.48. The SMILES string of the molecule is COc1ccc(C(=O)NNC(=S)NC(=O)/C=C/c2ccccc2Cl)cc1Br. The third-order valence-electron chi connectivity index (χ3n) is 3.26. The van der Waals surface area contributed by atoms with Crippen LogP contribution >= 0.6 is 39.7 Å². The van der Waals surface area contributed by atoms with E-state index < -0.39 is 11.8 Å². The van der Waals surface area contributed by atoms with Crippen molar-refractivity contribution in [2.24, 2.45) is 0 Å². The molecule has 0 atom stereocenters. The molecule has 0 heterocycles. The first kappa shape index (κ1) is 20.9. The van der Waals surface area contributed by atoms with Gasteiger partial charge in [-0.2, -0.15) is 0 Å². The molecule has 27 heavy (non-hydrogen) atoms. The number of hydrogen-bond donors (Lipinski definition) is 3. The minimum Gasteiger partial charge on any atom is -0.496 e. The first-order valence-electron chi connectivity index (χ1n) is 7.58. The van der Waals surface area contributed by atoms with Gasteiger partial charge in [-0.3, -0.25) is 25.8 Å². The number of halogens is 2. The van der Waals surface area contributed by atoms with Crippen LogP contribution in [0.2, 0.25) is 5.02 Å². The van der Waals surface area contributed by atoms with Crippen molar-refractivity contribution < 1.29 is 14.3 Å². The van der Waals surface area contributed by atoms with Crippen LogP contribution in [-0.4, -0.2) is 24.0 Å². The van der Waals surface area contributed by atoms with E-state index >= 15 is 0 Å². The molecule has 3 N–H and O–H groups in total. The highest BCUT2D eigenvalue weighted by molar-refractivity contribution is 9.10. The van der Waals surface area contributed by atoms with Gasteiger partial charge in [0.05, 0.1) is 11.6 Å². The average Bonchev–Trinajstić information content (AvgIpc) is 2.65. The quantitative estimate of drug-likeness (QED) is 0.364. The summed E-state index contributed by atoms with van der Waals surface area (Å²) < 4.78 is 5.74. The van der Waals surface area contributed by atoms with Crippen LogP contribution in [-0.2, 0) is 4.79 Å². The molecule has 0 saturated heterocycles. The number of ether oxygens (including phenoxy) is 1. The number of carbonyl (C=O) groups excluding carboxylic acids is 2. The number of nitrogens with one attached hydrogen (secondary N) is 3. The monoisotopic (exact) mass is 467 g/mol. The van der Waals surface area contributed by atoms with Gasteiger partial charge in [0.25, 0.3) is 5.91 Å². The zero-order chi connectivity index (χ0) is 19.8. The molecule has 0 saturated carbocycles. The molecular formula is C18H15BrClN3O3S. The van der Waals surface area contributed by atoms with Crippen LogP contribution in [0.15, 0.2) is 53.0 Å². The number of hydrogen-bond acceptors (Lipinski definition) is 4. The summed E-state index contributed by atoms with van der Waals surface area (Å²) in [7, 11) is 1.53. The van der Waals surface area contributed by atoms with Crippen molar-refractivity contribution in [3.05, 3.63) is 69.2 Å². The second kappa shape index (κ2) is 10.1. The number of carbonyl (C=O) groups is 2. The molecule has 0 aliphatic heterocycles. The second-order valence-corrected chi connectivity index (χ2v) is 6.77. The van der Waals surface area contributed by atoms with Crippen molar-refractivity contribution in [3.8, 4) is 5.75 Å². The van der Waals surface area contributed by atoms with E-state index in [-0.39, 0.29) is 5.11 Å². The highest BCUT2D eigenvalue weighted by Gasteiger charge is 2.09. The van der Waals surface area contributed by atoms with Crippen LogP contribution in [0.3, 0.4) is 0 Å². The van der Waals surface area contributed by atoms with Crippen molar-refractivity contribution in [2.75, 3.05) is 7.11 Å². The molecular weight excluding hydrogens is 454 g/mol. The van der Waals surface area contributed by atoms with Crippen molar-refractivity contribution in [1.29, 1.82) is 0 Å². The van der Waals surface area contributed by atoms with Crippen LogP contribution in [0.25, 0.3) is 6.08 Å². The Kier molecular flexibility index (Phi) is 7.78. The number of amides is 2. The summed E-state index contributed by atoms with van der Waals surface area (Å²) in [6, 6.07) is 11.9. The van der Waals surface area contributed by atoms with E-state index in [0.717, 1.165) is 0 Å². The van der Waals surface area contributed by atoms with Crippen molar-refractivity contribution in [1.82, 2.24) is 16.2 Å². The maximum absolute atomic E-state index is 12.1. The maximum atomic E-state index is 12.1. The lowest BCUT2D eigenvalue weighted by molar-refractivity contribution is -0.115. The summed E-state index contributed by atoms with van der Waals surface area (Å²) in [5.41, 5.74) is 5.94. The van der Waals surface area contributed by atoms with E-state index in [1.54, 1.807) is 42.5 Å². The number of methoxy groups -OCH3 is 1. The van der Waals surface area contributed by atoms with Crippen LogP contribution < -0.4 is 20.9 Å². The molecule has 0 radical (unpaired) electrons. The van der Waals surface area contributed by atoms with Crippen LogP contribution in [0.5, 0.6) is 5.75 Å². The molecule has 9 heteroatoms. The molecule has 2 amide bonds. The zero-order valence-electron chi connectivity index (χ0n) is 14.1. The molecule has 0 spiro atoms. The Morgan fingerprint density at radius 1 is 1.19 bits per heavy atom. The Morgan fingerprint density at radius 3 is 2.59 bits per heavy atom. The van der Waals surface area contributed by atoms with Gasteiger partial charge >= 0.3 is 0 Å². The third kappa shape index (κ3) is 6.35. The Labute approximate surface area is 175 Å². The molecule has 6 nitrogen and oxygen atoms in total. The lowest BCUT2D eigenvalue weighted by Gasteiger charge is -2.10. The summed E-state index contributed by atoms with van der Waals surface area (Å²) in [5.74, 6) is -0.289. The minimum atomic E-state index is -0.464. The molecule has 0 bridgehead atoms. The van der Waals surface area contributed by atoms with Gasteiger partial charge in [0.2, 0.25) is 5.91 Å². The molecule has 0 aliphatic carbocycles. The number of hydrazine groups is 1. The summed E-state index contributed by atoms with van der Waals surface area (Å²) >= 11 is 14.3. The normalized spacial score (nSPS) is 10.3. The van der Waals surface area contributed by atoms with Crippen LogP contribution in [0, 0.1) is 0 Å². The van der Waals surface area contributed by atoms with Gasteiger partial charge in [0.1, 0.15) is 5.75 Å². The number of thiocarbonyl (C=S) groups is 1. The van der Waals surface area contributed by atoms with E-state index in [0.29, 0.717) is 26.4 Å². The van der Waals surface area contributed by atoms with E-state index in [1.165, 1.54) is 13.2 Å². The third-order valence-corrected chi connectivity index (χ3v) is 4.43. The fraction of sp³-hybridized carbons (Fsp3) is 0.0556. The van der Waals surface area contributed by atoms with E-state index in [9.17, 15) is 9.59 Å². The largest absolute Gasteiger partial charge is 0.496 e. The zero-order valence-corrected chi connectivity index (χ0v) is 17.2. The highest BCUT2D eigenvalue weighted by Crippen LogP contribution is 2.25. The van der Waals surface area contributed by atoms with Gasteiger partial charge in [-0.1, -0.05) is 29.8 Å². The topological polar surface area (TPSA) is 79.5 Å². The second-order valence-electron chi connectivity index (χ2n) is 5.10. The minimum absolute atomic E-state index is 0.0512. The summed E-state index contributed by atoms with van der Waals surface area (Å²) in [5, 5.41) is 2.89. The standard InChI is InChI=1S/C18H15BrClN3O3S/c1-26-15-8-6-12(10-13(15)19)17(25)22-23-18(27)21-16(24)9-7-11-4-2-3-5-14(11)20/h2-10H,1H3,(H,22,25)(H2,21,23,24,27)/b9-7+. The fourth-order valence-corrected chi connectivity index (χ4v) is 2.84. The van der Waals surface area contributed by atoms with Gasteiger partial charge in [-0.15, -0.1) is 0 Å². The predicted octanol–water partition coefficient (Wildman–Crippen LogP) is 3.46. The van der Waals surface area contributed by atoms with Gasteiger partial charge < -0.3 is 4.74 Å². The molecule has 2 aromatic rings. The van der Waals surface area contributed by atoms with Crippen molar-refractivity contribution >= 4 is 62.8 Å².